The lowest BCUT2D eigenvalue weighted by Gasteiger charge is -2.12. The summed E-state index contributed by atoms with van der Waals surface area (Å²) in [6.45, 7) is 4.55. The molecule has 0 saturated carbocycles. The van der Waals surface area contributed by atoms with Crippen LogP contribution in [0, 0.1) is 5.92 Å². The number of sulfone groups is 1. The van der Waals surface area contributed by atoms with Crippen LogP contribution in [0.3, 0.4) is 0 Å². The minimum absolute atomic E-state index is 0.0396. The van der Waals surface area contributed by atoms with Crippen LogP contribution in [-0.2, 0) is 9.84 Å². The Hall–Kier alpha value is -1.04. The highest BCUT2D eigenvalue weighted by Gasteiger charge is 2.22. The number of carbonyl (C=O) groups excluding carboxylic acids is 1. The van der Waals surface area contributed by atoms with E-state index in [1.54, 1.807) is 0 Å². The monoisotopic (exact) mass is 232 g/mol. The van der Waals surface area contributed by atoms with Crippen molar-refractivity contribution in [1.29, 1.82) is 0 Å². The van der Waals surface area contributed by atoms with E-state index < -0.39 is 15.9 Å². The van der Waals surface area contributed by atoms with Gasteiger partial charge in [-0.2, -0.15) is 0 Å². The van der Waals surface area contributed by atoms with Gasteiger partial charge in [0.1, 0.15) is 0 Å². The Morgan fingerprint density at radius 3 is 2.67 bits per heavy atom. The van der Waals surface area contributed by atoms with Gasteiger partial charge in [0.05, 0.1) is 11.8 Å². The van der Waals surface area contributed by atoms with E-state index in [1.165, 1.54) is 6.08 Å². The van der Waals surface area contributed by atoms with E-state index >= 15 is 0 Å². The predicted octanol–water partition coefficient (Wildman–Crippen LogP) is 0.252. The number of hydrogen-bond acceptors (Lipinski definition) is 3. The number of hydrogen-bond donors (Lipinski definition) is 2. The van der Waals surface area contributed by atoms with Crippen LogP contribution in [0.1, 0.15) is 13.8 Å². The van der Waals surface area contributed by atoms with Gasteiger partial charge in [-0.25, -0.2) is 13.2 Å². The third kappa shape index (κ3) is 4.33. The average Bonchev–Trinajstić information content (AvgIpc) is 2.42. The summed E-state index contributed by atoms with van der Waals surface area (Å²) in [6, 6.07) is -0.724. The molecule has 15 heavy (non-hydrogen) atoms. The van der Waals surface area contributed by atoms with Crippen LogP contribution >= 0.6 is 0 Å². The summed E-state index contributed by atoms with van der Waals surface area (Å²) in [5.41, 5.74) is 0. The smallest absolute Gasteiger partial charge is 0.315 e. The highest BCUT2D eigenvalue weighted by molar-refractivity contribution is 7.94. The molecule has 0 bridgehead atoms. The molecule has 6 heteroatoms. The maximum Gasteiger partial charge on any atom is 0.315 e. The van der Waals surface area contributed by atoms with Crippen LogP contribution in [0.5, 0.6) is 0 Å². The zero-order chi connectivity index (χ0) is 11.5. The SMILES string of the molecule is CC(C)CNC(=O)NC1C=CS(=O)(=O)C1. The second-order valence-corrected chi connectivity index (χ2v) is 5.94. The van der Waals surface area contributed by atoms with Crippen molar-refractivity contribution in [2.45, 2.75) is 19.9 Å². The van der Waals surface area contributed by atoms with E-state index in [0.29, 0.717) is 12.5 Å². The molecule has 1 atom stereocenters. The van der Waals surface area contributed by atoms with Crippen LogP contribution < -0.4 is 10.6 Å². The molecule has 1 rings (SSSR count). The van der Waals surface area contributed by atoms with E-state index in [9.17, 15) is 13.2 Å². The van der Waals surface area contributed by atoms with Crippen LogP contribution in [0.4, 0.5) is 4.79 Å². The Morgan fingerprint density at radius 1 is 1.53 bits per heavy atom. The molecule has 2 amide bonds. The standard InChI is InChI=1S/C9H16N2O3S/c1-7(2)5-10-9(12)11-8-3-4-15(13,14)6-8/h3-4,7-8H,5-6H2,1-2H3,(H2,10,11,12). The first kappa shape index (κ1) is 12.0. The fourth-order valence-corrected chi connectivity index (χ4v) is 2.42. The van der Waals surface area contributed by atoms with Crippen LogP contribution in [-0.4, -0.2) is 32.8 Å². The molecule has 1 aliphatic rings. The summed E-state index contributed by atoms with van der Waals surface area (Å²) in [5.74, 6) is 0.334. The predicted molar refractivity (Wildman–Crippen MR) is 58.1 cm³/mol. The van der Waals surface area contributed by atoms with E-state index in [2.05, 4.69) is 10.6 Å². The van der Waals surface area contributed by atoms with Gasteiger partial charge in [0, 0.05) is 12.0 Å². The molecule has 2 N–H and O–H groups in total. The molecule has 0 saturated heterocycles. The first-order valence-electron chi connectivity index (χ1n) is 4.84. The zero-order valence-electron chi connectivity index (χ0n) is 8.86. The molecule has 0 aromatic carbocycles. The summed E-state index contributed by atoms with van der Waals surface area (Å²) in [6.07, 6.45) is 1.49. The fourth-order valence-electron chi connectivity index (χ4n) is 1.18. The third-order valence-corrected chi connectivity index (χ3v) is 3.31. The van der Waals surface area contributed by atoms with Gasteiger partial charge in [-0.1, -0.05) is 13.8 Å². The van der Waals surface area contributed by atoms with Gasteiger partial charge in [0.2, 0.25) is 0 Å². The average molecular weight is 232 g/mol. The largest absolute Gasteiger partial charge is 0.338 e. The van der Waals surface area contributed by atoms with Crippen LogP contribution in [0.2, 0.25) is 0 Å². The molecule has 5 nitrogen and oxygen atoms in total. The molecule has 86 valence electrons. The molecule has 1 heterocycles. The number of carbonyl (C=O) groups is 1. The Morgan fingerprint density at radius 2 is 2.20 bits per heavy atom. The lowest BCUT2D eigenvalue weighted by atomic mass is 10.2. The van der Waals surface area contributed by atoms with Gasteiger partial charge in [-0.05, 0) is 12.0 Å². The summed E-state index contributed by atoms with van der Waals surface area (Å²) < 4.78 is 22.1. The Bertz CT molecular complexity index is 360. The van der Waals surface area contributed by atoms with Gasteiger partial charge in [-0.3, -0.25) is 0 Å². The molecule has 1 aliphatic heterocycles. The summed E-state index contributed by atoms with van der Waals surface area (Å²) in [4.78, 5) is 11.3. The lowest BCUT2D eigenvalue weighted by Crippen LogP contribution is -2.43. The highest BCUT2D eigenvalue weighted by Crippen LogP contribution is 2.07. The quantitative estimate of drug-likeness (QED) is 0.732. The molecular formula is C9H16N2O3S. The van der Waals surface area contributed by atoms with E-state index in [0.717, 1.165) is 5.41 Å². The fraction of sp³-hybridized carbons (Fsp3) is 0.667. The first-order chi connectivity index (χ1) is 6.89. The first-order valence-corrected chi connectivity index (χ1v) is 6.56. The van der Waals surface area contributed by atoms with Crippen molar-refractivity contribution in [2.24, 2.45) is 5.92 Å². The minimum Gasteiger partial charge on any atom is -0.338 e. The molecular weight excluding hydrogens is 216 g/mol. The molecule has 0 radical (unpaired) electrons. The maximum absolute atomic E-state index is 11.3. The minimum atomic E-state index is -3.10. The number of urea groups is 1. The van der Waals surface area contributed by atoms with Crippen molar-refractivity contribution in [2.75, 3.05) is 12.3 Å². The van der Waals surface area contributed by atoms with E-state index in [4.69, 9.17) is 0 Å². The summed E-state index contributed by atoms with van der Waals surface area (Å²) in [5, 5.41) is 6.37. The second-order valence-electron chi connectivity index (χ2n) is 4.01. The number of amides is 2. The van der Waals surface area contributed by atoms with Gasteiger partial charge in [-0.15, -0.1) is 0 Å². The van der Waals surface area contributed by atoms with Crippen molar-refractivity contribution >= 4 is 15.9 Å². The topological polar surface area (TPSA) is 75.3 Å². The van der Waals surface area contributed by atoms with Crippen molar-refractivity contribution in [3.05, 3.63) is 11.5 Å². The Balaban J connectivity index is 2.32. The lowest BCUT2D eigenvalue weighted by molar-refractivity contribution is 0.238. The summed E-state index contributed by atoms with van der Waals surface area (Å²) in [7, 11) is -3.10. The Labute approximate surface area is 89.8 Å². The molecule has 0 aromatic heterocycles. The number of nitrogens with one attached hydrogen (secondary N) is 2. The van der Waals surface area contributed by atoms with Crippen LogP contribution in [0.25, 0.3) is 0 Å². The highest BCUT2D eigenvalue weighted by atomic mass is 32.2. The number of rotatable bonds is 3. The van der Waals surface area contributed by atoms with Gasteiger partial charge < -0.3 is 10.6 Å². The third-order valence-electron chi connectivity index (χ3n) is 1.92. The van der Waals surface area contributed by atoms with E-state index in [-0.39, 0.29) is 11.8 Å². The summed E-state index contributed by atoms with van der Waals surface area (Å²) >= 11 is 0. The normalized spacial score (nSPS) is 23.0. The van der Waals surface area contributed by atoms with Crippen LogP contribution in [0.15, 0.2) is 11.5 Å². The van der Waals surface area contributed by atoms with Crippen molar-refractivity contribution in [3.63, 3.8) is 0 Å². The van der Waals surface area contributed by atoms with E-state index in [1.807, 2.05) is 13.8 Å². The van der Waals surface area contributed by atoms with Crippen molar-refractivity contribution < 1.29 is 13.2 Å². The molecule has 0 spiro atoms. The maximum atomic E-state index is 11.3. The van der Waals surface area contributed by atoms with Crippen molar-refractivity contribution in [1.82, 2.24) is 10.6 Å². The molecule has 0 aromatic rings. The second kappa shape index (κ2) is 4.65. The van der Waals surface area contributed by atoms with Gasteiger partial charge >= 0.3 is 6.03 Å². The Kier molecular flexibility index (Phi) is 3.73. The van der Waals surface area contributed by atoms with Crippen molar-refractivity contribution in [3.8, 4) is 0 Å². The molecule has 0 aliphatic carbocycles. The van der Waals surface area contributed by atoms with Gasteiger partial charge in [0.25, 0.3) is 0 Å². The molecule has 0 fully saturated rings. The zero-order valence-corrected chi connectivity index (χ0v) is 9.67. The van der Waals surface area contributed by atoms with Gasteiger partial charge in [0.15, 0.2) is 9.84 Å². The molecule has 1 unspecified atom stereocenters.